The molecule has 0 saturated carbocycles. The minimum Gasteiger partial charge on any atom is -0.496 e. The maximum Gasteiger partial charge on any atom is 0.255 e. The van der Waals surface area contributed by atoms with Gasteiger partial charge in [-0.25, -0.2) is 17.9 Å². The second-order valence-electron chi connectivity index (χ2n) is 5.78. The minimum atomic E-state index is -3.95. The van der Waals surface area contributed by atoms with Crippen LogP contribution in [-0.4, -0.2) is 21.4 Å². The van der Waals surface area contributed by atoms with Crippen LogP contribution in [0.5, 0.6) is 5.75 Å². The van der Waals surface area contributed by atoms with Crippen LogP contribution in [0.25, 0.3) is 0 Å². The lowest BCUT2D eigenvalue weighted by molar-refractivity contribution is 0.0933. The van der Waals surface area contributed by atoms with E-state index < -0.39 is 15.9 Å². The van der Waals surface area contributed by atoms with E-state index in [1.165, 1.54) is 31.4 Å². The van der Waals surface area contributed by atoms with Crippen molar-refractivity contribution in [3.8, 4) is 5.75 Å². The van der Waals surface area contributed by atoms with Gasteiger partial charge in [-0.1, -0.05) is 12.1 Å². The highest BCUT2D eigenvalue weighted by Crippen LogP contribution is 2.33. The highest BCUT2D eigenvalue weighted by atomic mass is 32.2. The summed E-state index contributed by atoms with van der Waals surface area (Å²) in [5, 5.41) is 7.93. The Morgan fingerprint density at radius 1 is 1.32 bits per heavy atom. The molecule has 1 unspecified atom stereocenters. The first-order valence-electron chi connectivity index (χ1n) is 7.60. The molecule has 1 aliphatic carbocycles. The molecule has 25 heavy (non-hydrogen) atoms. The molecule has 0 fully saturated rings. The SMILES string of the molecule is COc1ccc(S(N)(=O)=O)cc1C(=O)NC1CCc2c(F)cccc21. The molecule has 0 spiro atoms. The topological polar surface area (TPSA) is 98.5 Å². The highest BCUT2D eigenvalue weighted by Gasteiger charge is 2.27. The van der Waals surface area contributed by atoms with Gasteiger partial charge in [-0.05, 0) is 48.2 Å². The lowest BCUT2D eigenvalue weighted by Crippen LogP contribution is -2.28. The Balaban J connectivity index is 1.91. The summed E-state index contributed by atoms with van der Waals surface area (Å²) in [4.78, 5) is 12.4. The Bertz CT molecular complexity index is 944. The smallest absolute Gasteiger partial charge is 0.255 e. The van der Waals surface area contributed by atoms with Crippen LogP contribution < -0.4 is 15.2 Å². The molecule has 1 amide bonds. The number of primary sulfonamides is 1. The number of carbonyl (C=O) groups is 1. The lowest BCUT2D eigenvalue weighted by Gasteiger charge is -2.16. The van der Waals surface area contributed by atoms with E-state index in [0.29, 0.717) is 18.4 Å². The Morgan fingerprint density at radius 3 is 2.76 bits per heavy atom. The highest BCUT2D eigenvalue weighted by molar-refractivity contribution is 7.89. The summed E-state index contributed by atoms with van der Waals surface area (Å²) >= 11 is 0. The molecule has 0 aromatic heterocycles. The number of hydrogen-bond donors (Lipinski definition) is 2. The van der Waals surface area contributed by atoms with Crippen LogP contribution in [0.3, 0.4) is 0 Å². The summed E-state index contributed by atoms with van der Waals surface area (Å²) < 4.78 is 42.0. The third-order valence-electron chi connectivity index (χ3n) is 4.26. The monoisotopic (exact) mass is 364 g/mol. The van der Waals surface area contributed by atoms with Gasteiger partial charge in [0.15, 0.2) is 0 Å². The van der Waals surface area contributed by atoms with Crippen LogP contribution in [0, 0.1) is 5.82 Å². The molecule has 3 N–H and O–H groups in total. The van der Waals surface area contributed by atoms with Crippen molar-refractivity contribution in [2.24, 2.45) is 5.14 Å². The quantitative estimate of drug-likeness (QED) is 0.866. The van der Waals surface area contributed by atoms with Gasteiger partial charge in [-0.3, -0.25) is 4.79 Å². The number of hydrogen-bond acceptors (Lipinski definition) is 4. The second-order valence-corrected chi connectivity index (χ2v) is 7.34. The van der Waals surface area contributed by atoms with Crippen LogP contribution in [-0.2, 0) is 16.4 Å². The number of methoxy groups -OCH3 is 1. The number of ether oxygens (including phenoxy) is 1. The van der Waals surface area contributed by atoms with E-state index in [1.807, 2.05) is 0 Å². The zero-order valence-electron chi connectivity index (χ0n) is 13.5. The largest absolute Gasteiger partial charge is 0.496 e. The molecular formula is C17H17FN2O4S. The fourth-order valence-corrected chi connectivity index (χ4v) is 3.58. The van der Waals surface area contributed by atoms with Gasteiger partial charge in [0, 0.05) is 0 Å². The van der Waals surface area contributed by atoms with Gasteiger partial charge < -0.3 is 10.1 Å². The van der Waals surface area contributed by atoms with E-state index >= 15 is 0 Å². The molecule has 0 saturated heterocycles. The van der Waals surface area contributed by atoms with Crippen molar-refractivity contribution in [2.75, 3.05) is 7.11 Å². The van der Waals surface area contributed by atoms with Gasteiger partial charge in [0.2, 0.25) is 10.0 Å². The van der Waals surface area contributed by atoms with E-state index in [0.717, 1.165) is 5.56 Å². The van der Waals surface area contributed by atoms with Gasteiger partial charge in [-0.15, -0.1) is 0 Å². The Labute approximate surface area is 144 Å². The summed E-state index contributed by atoms with van der Waals surface area (Å²) in [6, 6.07) is 8.23. The molecule has 6 nitrogen and oxygen atoms in total. The molecule has 0 radical (unpaired) electrons. The van der Waals surface area contributed by atoms with E-state index in [-0.39, 0.29) is 28.1 Å². The number of sulfonamides is 1. The average molecular weight is 364 g/mol. The van der Waals surface area contributed by atoms with Gasteiger partial charge in [0.25, 0.3) is 5.91 Å². The zero-order valence-corrected chi connectivity index (χ0v) is 14.3. The molecule has 0 bridgehead atoms. The number of benzene rings is 2. The standard InChI is InChI=1S/C17H17FN2O4S/c1-24-16-8-5-10(25(19,22)23)9-13(16)17(21)20-15-7-6-11-12(15)3-2-4-14(11)18/h2-5,8-9,15H,6-7H2,1H3,(H,20,21)(H2,19,22,23). The molecular weight excluding hydrogens is 347 g/mol. The summed E-state index contributed by atoms with van der Waals surface area (Å²) in [6.45, 7) is 0. The molecule has 2 aromatic rings. The van der Waals surface area contributed by atoms with Crippen LogP contribution >= 0.6 is 0 Å². The Kier molecular flexibility index (Phi) is 4.49. The summed E-state index contributed by atoms with van der Waals surface area (Å²) in [7, 11) is -2.57. The third kappa shape index (κ3) is 3.35. The molecule has 1 atom stereocenters. The Morgan fingerprint density at radius 2 is 2.08 bits per heavy atom. The number of halogens is 1. The van der Waals surface area contributed by atoms with Crippen molar-refractivity contribution in [3.63, 3.8) is 0 Å². The Hall–Kier alpha value is -2.45. The predicted octanol–water partition coefficient (Wildman–Crippen LogP) is 1.90. The first-order chi connectivity index (χ1) is 11.8. The number of nitrogens with two attached hydrogens (primary N) is 1. The normalized spacial score (nSPS) is 16.4. The van der Waals surface area contributed by atoms with E-state index in [1.54, 1.807) is 12.1 Å². The van der Waals surface area contributed by atoms with Crippen molar-refractivity contribution in [2.45, 2.75) is 23.8 Å². The van der Waals surface area contributed by atoms with Gasteiger partial charge in [0.1, 0.15) is 11.6 Å². The van der Waals surface area contributed by atoms with Crippen molar-refractivity contribution >= 4 is 15.9 Å². The summed E-state index contributed by atoms with van der Waals surface area (Å²) in [5.74, 6) is -0.574. The van der Waals surface area contributed by atoms with Crippen LogP contribution in [0.4, 0.5) is 4.39 Å². The maximum absolute atomic E-state index is 13.8. The van der Waals surface area contributed by atoms with Crippen molar-refractivity contribution in [1.29, 1.82) is 0 Å². The number of rotatable bonds is 4. The molecule has 0 heterocycles. The molecule has 3 rings (SSSR count). The maximum atomic E-state index is 13.8. The van der Waals surface area contributed by atoms with Crippen LogP contribution in [0.1, 0.15) is 33.9 Å². The van der Waals surface area contributed by atoms with E-state index in [2.05, 4.69) is 5.32 Å². The van der Waals surface area contributed by atoms with Crippen molar-refractivity contribution in [3.05, 3.63) is 58.9 Å². The number of fused-ring (bicyclic) bond motifs is 1. The molecule has 0 aliphatic heterocycles. The molecule has 1 aliphatic rings. The first kappa shape index (κ1) is 17.4. The second kappa shape index (κ2) is 6.45. The number of carbonyl (C=O) groups excluding carboxylic acids is 1. The minimum absolute atomic E-state index is 0.0545. The zero-order chi connectivity index (χ0) is 18.2. The lowest BCUT2D eigenvalue weighted by atomic mass is 10.1. The molecule has 2 aromatic carbocycles. The van der Waals surface area contributed by atoms with Gasteiger partial charge in [-0.2, -0.15) is 0 Å². The summed E-state index contributed by atoms with van der Waals surface area (Å²) in [6.07, 6.45) is 1.10. The van der Waals surface area contributed by atoms with Crippen LogP contribution in [0.2, 0.25) is 0 Å². The molecule has 132 valence electrons. The van der Waals surface area contributed by atoms with Gasteiger partial charge in [0.05, 0.1) is 23.6 Å². The predicted molar refractivity (Wildman–Crippen MR) is 89.3 cm³/mol. The summed E-state index contributed by atoms with van der Waals surface area (Å²) in [5.41, 5.74) is 1.38. The number of amides is 1. The fourth-order valence-electron chi connectivity index (χ4n) is 3.04. The molecule has 8 heteroatoms. The fraction of sp³-hybridized carbons (Fsp3) is 0.235. The van der Waals surface area contributed by atoms with Crippen LogP contribution in [0.15, 0.2) is 41.3 Å². The van der Waals surface area contributed by atoms with Crippen molar-refractivity contribution in [1.82, 2.24) is 5.32 Å². The van der Waals surface area contributed by atoms with E-state index in [4.69, 9.17) is 9.88 Å². The number of nitrogens with one attached hydrogen (secondary N) is 1. The van der Waals surface area contributed by atoms with Gasteiger partial charge >= 0.3 is 0 Å². The third-order valence-corrected chi connectivity index (χ3v) is 5.17. The average Bonchev–Trinajstić information content (AvgIpc) is 2.98. The van der Waals surface area contributed by atoms with Crippen molar-refractivity contribution < 1.29 is 22.3 Å². The van der Waals surface area contributed by atoms with E-state index in [9.17, 15) is 17.6 Å². The first-order valence-corrected chi connectivity index (χ1v) is 9.15.